The number of anilines is 1. The minimum absolute atomic E-state index is 0.134. The summed E-state index contributed by atoms with van der Waals surface area (Å²) >= 11 is 0. The maximum atomic E-state index is 12.0. The lowest BCUT2D eigenvalue weighted by Crippen LogP contribution is -2.28. The highest BCUT2D eigenvalue weighted by Crippen LogP contribution is 2.12. The molecular weight excluding hydrogens is 242 g/mol. The molecule has 1 aromatic carbocycles. The fraction of sp³-hybridized carbons (Fsp3) is 0.143. The second-order valence-corrected chi connectivity index (χ2v) is 4.24. The SMILES string of the molecule is Cn1cc(NC(=O)C(N)c2ccccc2)ccc1=O. The number of aryl methyl sites for hydroxylation is 1. The summed E-state index contributed by atoms with van der Waals surface area (Å²) in [4.78, 5) is 23.2. The van der Waals surface area contributed by atoms with E-state index in [1.807, 2.05) is 18.2 Å². The van der Waals surface area contributed by atoms with Gasteiger partial charge < -0.3 is 15.6 Å². The number of hydrogen-bond acceptors (Lipinski definition) is 3. The van der Waals surface area contributed by atoms with E-state index < -0.39 is 6.04 Å². The van der Waals surface area contributed by atoms with Crippen molar-refractivity contribution in [2.75, 3.05) is 5.32 Å². The van der Waals surface area contributed by atoms with Gasteiger partial charge in [0, 0.05) is 19.3 Å². The van der Waals surface area contributed by atoms with Crippen molar-refractivity contribution in [1.82, 2.24) is 4.57 Å². The molecule has 19 heavy (non-hydrogen) atoms. The molecular formula is C14H15N3O2. The third kappa shape index (κ3) is 3.08. The van der Waals surface area contributed by atoms with E-state index in [2.05, 4.69) is 5.32 Å². The first-order valence-electron chi connectivity index (χ1n) is 5.86. The van der Waals surface area contributed by atoms with Crippen LogP contribution >= 0.6 is 0 Å². The van der Waals surface area contributed by atoms with Crippen molar-refractivity contribution in [3.05, 3.63) is 64.6 Å². The molecule has 2 aromatic rings. The van der Waals surface area contributed by atoms with Gasteiger partial charge in [-0.1, -0.05) is 30.3 Å². The fourth-order valence-electron chi connectivity index (χ4n) is 1.70. The Hall–Kier alpha value is -2.40. The van der Waals surface area contributed by atoms with Crippen LogP contribution in [0, 0.1) is 0 Å². The summed E-state index contributed by atoms with van der Waals surface area (Å²) in [7, 11) is 1.62. The standard InChI is InChI=1S/C14H15N3O2/c1-17-9-11(7-8-12(17)18)16-14(19)13(15)10-5-3-2-4-6-10/h2-9,13H,15H2,1H3,(H,16,19). The quantitative estimate of drug-likeness (QED) is 0.862. The third-order valence-corrected chi connectivity index (χ3v) is 2.79. The largest absolute Gasteiger partial charge is 0.323 e. The molecule has 0 saturated heterocycles. The highest BCUT2D eigenvalue weighted by Gasteiger charge is 2.15. The van der Waals surface area contributed by atoms with Crippen LogP contribution in [-0.4, -0.2) is 10.5 Å². The van der Waals surface area contributed by atoms with Crippen LogP contribution in [0.3, 0.4) is 0 Å². The van der Waals surface area contributed by atoms with Gasteiger partial charge in [-0.2, -0.15) is 0 Å². The van der Waals surface area contributed by atoms with Crippen LogP contribution in [0.2, 0.25) is 0 Å². The lowest BCUT2D eigenvalue weighted by Gasteiger charge is -2.12. The van der Waals surface area contributed by atoms with Crippen LogP contribution < -0.4 is 16.6 Å². The second-order valence-electron chi connectivity index (χ2n) is 4.24. The van der Waals surface area contributed by atoms with Crippen molar-refractivity contribution in [2.45, 2.75) is 6.04 Å². The number of nitrogens with zero attached hydrogens (tertiary/aromatic N) is 1. The minimum Gasteiger partial charge on any atom is -0.323 e. The maximum Gasteiger partial charge on any atom is 0.250 e. The highest BCUT2D eigenvalue weighted by molar-refractivity contribution is 5.95. The molecule has 1 heterocycles. The van der Waals surface area contributed by atoms with E-state index in [0.29, 0.717) is 5.69 Å². The summed E-state index contributed by atoms with van der Waals surface area (Å²) < 4.78 is 1.39. The van der Waals surface area contributed by atoms with Gasteiger partial charge in [0.1, 0.15) is 6.04 Å². The molecule has 5 heteroatoms. The molecule has 5 nitrogen and oxygen atoms in total. The molecule has 0 aliphatic heterocycles. The van der Waals surface area contributed by atoms with E-state index in [1.165, 1.54) is 10.6 Å². The lowest BCUT2D eigenvalue weighted by atomic mass is 10.1. The topological polar surface area (TPSA) is 77.1 Å². The first-order valence-corrected chi connectivity index (χ1v) is 5.86. The summed E-state index contributed by atoms with van der Waals surface area (Å²) in [6, 6.07) is 11.3. The molecule has 2 rings (SSSR count). The van der Waals surface area contributed by atoms with E-state index in [-0.39, 0.29) is 11.5 Å². The summed E-state index contributed by atoms with van der Waals surface area (Å²) in [5.74, 6) is -0.315. The number of amides is 1. The van der Waals surface area contributed by atoms with Crippen LogP contribution in [0.5, 0.6) is 0 Å². The number of nitrogens with two attached hydrogens (primary N) is 1. The van der Waals surface area contributed by atoms with Crippen molar-refractivity contribution < 1.29 is 4.79 Å². The number of nitrogens with one attached hydrogen (secondary N) is 1. The molecule has 0 fully saturated rings. The lowest BCUT2D eigenvalue weighted by molar-refractivity contribution is -0.117. The number of rotatable bonds is 3. The van der Waals surface area contributed by atoms with Crippen LogP contribution in [-0.2, 0) is 11.8 Å². The highest BCUT2D eigenvalue weighted by atomic mass is 16.2. The smallest absolute Gasteiger partial charge is 0.250 e. The average molecular weight is 257 g/mol. The molecule has 0 bridgehead atoms. The molecule has 1 unspecified atom stereocenters. The van der Waals surface area contributed by atoms with Gasteiger partial charge in [-0.25, -0.2) is 0 Å². The molecule has 0 spiro atoms. The Kier molecular flexibility index (Phi) is 3.77. The van der Waals surface area contributed by atoms with Gasteiger partial charge in [0.15, 0.2) is 0 Å². The van der Waals surface area contributed by atoms with Crippen molar-refractivity contribution in [1.29, 1.82) is 0 Å². The molecule has 0 radical (unpaired) electrons. The Labute approximate surface area is 110 Å². The summed E-state index contributed by atoms with van der Waals surface area (Å²) in [6.45, 7) is 0. The molecule has 3 N–H and O–H groups in total. The third-order valence-electron chi connectivity index (χ3n) is 2.79. The average Bonchev–Trinajstić information content (AvgIpc) is 2.43. The predicted octanol–water partition coefficient (Wildman–Crippen LogP) is 1.02. The Bertz CT molecular complexity index is 635. The summed E-state index contributed by atoms with van der Waals surface area (Å²) in [5.41, 5.74) is 7.02. The molecule has 0 aliphatic carbocycles. The van der Waals surface area contributed by atoms with Crippen molar-refractivity contribution in [2.24, 2.45) is 12.8 Å². The number of carbonyl (C=O) groups excluding carboxylic acids is 1. The van der Waals surface area contributed by atoms with Crippen LogP contribution in [0.4, 0.5) is 5.69 Å². The van der Waals surface area contributed by atoms with Gasteiger partial charge in [-0.15, -0.1) is 0 Å². The normalized spacial score (nSPS) is 11.9. The Morgan fingerprint density at radius 1 is 1.21 bits per heavy atom. The predicted molar refractivity (Wildman–Crippen MR) is 73.7 cm³/mol. The molecule has 1 aromatic heterocycles. The van der Waals surface area contributed by atoms with Gasteiger partial charge >= 0.3 is 0 Å². The van der Waals surface area contributed by atoms with Gasteiger partial charge in [0.25, 0.3) is 0 Å². The molecule has 0 aliphatic rings. The maximum absolute atomic E-state index is 12.0. The monoisotopic (exact) mass is 257 g/mol. The van der Waals surface area contributed by atoms with Crippen molar-refractivity contribution in [3.63, 3.8) is 0 Å². The van der Waals surface area contributed by atoms with E-state index in [4.69, 9.17) is 5.73 Å². The summed E-state index contributed by atoms with van der Waals surface area (Å²) in [5, 5.41) is 2.68. The zero-order chi connectivity index (χ0) is 13.8. The number of benzene rings is 1. The van der Waals surface area contributed by atoms with E-state index in [9.17, 15) is 9.59 Å². The molecule has 1 atom stereocenters. The fourth-order valence-corrected chi connectivity index (χ4v) is 1.70. The Morgan fingerprint density at radius 2 is 1.89 bits per heavy atom. The number of hydrogen-bond donors (Lipinski definition) is 2. The molecule has 0 saturated carbocycles. The number of carbonyl (C=O) groups is 1. The zero-order valence-corrected chi connectivity index (χ0v) is 10.5. The van der Waals surface area contributed by atoms with Crippen LogP contribution in [0.25, 0.3) is 0 Å². The van der Waals surface area contributed by atoms with E-state index >= 15 is 0 Å². The van der Waals surface area contributed by atoms with E-state index in [0.717, 1.165) is 5.56 Å². The summed E-state index contributed by atoms with van der Waals surface area (Å²) in [6.07, 6.45) is 1.55. The Morgan fingerprint density at radius 3 is 2.53 bits per heavy atom. The van der Waals surface area contributed by atoms with Crippen LogP contribution in [0.1, 0.15) is 11.6 Å². The van der Waals surface area contributed by atoms with Crippen molar-refractivity contribution >= 4 is 11.6 Å². The van der Waals surface area contributed by atoms with Gasteiger partial charge in [0.05, 0.1) is 5.69 Å². The number of pyridine rings is 1. The number of aromatic nitrogens is 1. The van der Waals surface area contributed by atoms with Crippen molar-refractivity contribution in [3.8, 4) is 0 Å². The first-order chi connectivity index (χ1) is 9.08. The first kappa shape index (κ1) is 13.0. The second kappa shape index (κ2) is 5.49. The van der Waals surface area contributed by atoms with Crippen LogP contribution in [0.15, 0.2) is 53.5 Å². The van der Waals surface area contributed by atoms with Gasteiger partial charge in [-0.05, 0) is 11.6 Å². The van der Waals surface area contributed by atoms with Gasteiger partial charge in [0.2, 0.25) is 11.5 Å². The molecule has 1 amide bonds. The minimum atomic E-state index is -0.738. The zero-order valence-electron chi connectivity index (χ0n) is 10.5. The van der Waals surface area contributed by atoms with E-state index in [1.54, 1.807) is 31.4 Å². The Balaban J connectivity index is 2.13. The molecule has 98 valence electrons. The van der Waals surface area contributed by atoms with Gasteiger partial charge in [-0.3, -0.25) is 9.59 Å².